The molecule has 1 aromatic carbocycles. The van der Waals surface area contributed by atoms with E-state index in [1.165, 1.54) is 48.8 Å². The summed E-state index contributed by atoms with van der Waals surface area (Å²) in [7, 11) is 0. The van der Waals surface area contributed by atoms with Crippen molar-refractivity contribution in [3.8, 4) is 0 Å². The zero-order valence-electron chi connectivity index (χ0n) is 10.5. The number of aromatic nitrogens is 1. The summed E-state index contributed by atoms with van der Waals surface area (Å²) in [6, 6.07) is 8.64. The molecule has 0 saturated carbocycles. The quantitative estimate of drug-likeness (QED) is 0.826. The number of hydrogen-bond donors (Lipinski definition) is 2. The number of hydrazine groups is 1. The third kappa shape index (κ3) is 3.88. The molecule has 2 rings (SSSR count). The van der Waals surface area contributed by atoms with Crippen molar-refractivity contribution < 1.29 is 14.0 Å². The fourth-order valence-electron chi connectivity index (χ4n) is 1.53. The predicted octanol–water partition coefficient (Wildman–Crippen LogP) is 1.22. The summed E-state index contributed by atoms with van der Waals surface area (Å²) in [5, 5.41) is 0. The number of benzene rings is 1. The topological polar surface area (TPSA) is 71.1 Å². The van der Waals surface area contributed by atoms with Crippen LogP contribution in [0.15, 0.2) is 48.8 Å². The van der Waals surface area contributed by atoms with Gasteiger partial charge in [-0.3, -0.25) is 25.4 Å². The lowest BCUT2D eigenvalue weighted by Gasteiger charge is -2.07. The smallest absolute Gasteiger partial charge is 0.269 e. The minimum absolute atomic E-state index is 0.0525. The van der Waals surface area contributed by atoms with Crippen LogP contribution in [0.1, 0.15) is 15.9 Å². The molecule has 20 heavy (non-hydrogen) atoms. The lowest BCUT2D eigenvalue weighted by Crippen LogP contribution is -2.42. The molecular weight excluding hydrogens is 261 g/mol. The molecule has 0 bridgehead atoms. The van der Waals surface area contributed by atoms with E-state index in [0.717, 1.165) is 0 Å². The largest absolute Gasteiger partial charge is 0.273 e. The monoisotopic (exact) mass is 273 g/mol. The van der Waals surface area contributed by atoms with Crippen LogP contribution >= 0.6 is 0 Å². The minimum Gasteiger partial charge on any atom is -0.273 e. The number of rotatable bonds is 3. The van der Waals surface area contributed by atoms with E-state index in [0.29, 0.717) is 11.1 Å². The molecule has 102 valence electrons. The maximum atomic E-state index is 12.7. The zero-order valence-corrected chi connectivity index (χ0v) is 10.5. The van der Waals surface area contributed by atoms with Gasteiger partial charge in [0.2, 0.25) is 5.91 Å². The van der Waals surface area contributed by atoms with Gasteiger partial charge in [0, 0.05) is 18.0 Å². The van der Waals surface area contributed by atoms with Gasteiger partial charge in [-0.05, 0) is 29.8 Å². The number of hydrogen-bond acceptors (Lipinski definition) is 3. The molecule has 0 radical (unpaired) electrons. The first-order chi connectivity index (χ1) is 9.65. The zero-order chi connectivity index (χ0) is 14.4. The minimum atomic E-state index is -0.431. The Balaban J connectivity index is 1.83. The number of pyridine rings is 1. The van der Waals surface area contributed by atoms with Gasteiger partial charge in [-0.1, -0.05) is 12.1 Å². The highest BCUT2D eigenvalue weighted by molar-refractivity contribution is 5.95. The Hall–Kier alpha value is -2.76. The summed E-state index contributed by atoms with van der Waals surface area (Å²) in [6.45, 7) is 0. The third-order valence-corrected chi connectivity index (χ3v) is 2.54. The van der Waals surface area contributed by atoms with E-state index >= 15 is 0 Å². The van der Waals surface area contributed by atoms with Crippen molar-refractivity contribution in [3.63, 3.8) is 0 Å². The van der Waals surface area contributed by atoms with Crippen molar-refractivity contribution in [2.75, 3.05) is 0 Å². The van der Waals surface area contributed by atoms with E-state index in [2.05, 4.69) is 15.8 Å². The van der Waals surface area contributed by atoms with Crippen LogP contribution in [0.5, 0.6) is 0 Å². The normalized spacial score (nSPS) is 9.85. The second kappa shape index (κ2) is 6.42. The first-order valence-electron chi connectivity index (χ1n) is 5.89. The van der Waals surface area contributed by atoms with Gasteiger partial charge >= 0.3 is 0 Å². The van der Waals surface area contributed by atoms with Gasteiger partial charge < -0.3 is 0 Å². The summed E-state index contributed by atoms with van der Waals surface area (Å²) in [5.41, 5.74) is 5.63. The first-order valence-corrected chi connectivity index (χ1v) is 5.89. The molecule has 0 fully saturated rings. The highest BCUT2D eigenvalue weighted by Crippen LogP contribution is 2.03. The van der Waals surface area contributed by atoms with E-state index in [1.807, 2.05) is 0 Å². The summed E-state index contributed by atoms with van der Waals surface area (Å²) in [5.74, 6) is -1.18. The van der Waals surface area contributed by atoms with Crippen molar-refractivity contribution in [1.82, 2.24) is 15.8 Å². The molecular formula is C14H12FN3O2. The summed E-state index contributed by atoms with van der Waals surface area (Å²) in [4.78, 5) is 27.0. The van der Waals surface area contributed by atoms with Gasteiger partial charge in [-0.25, -0.2) is 4.39 Å². The molecule has 0 saturated heterocycles. The van der Waals surface area contributed by atoms with E-state index in [9.17, 15) is 14.0 Å². The number of nitrogens with one attached hydrogen (secondary N) is 2. The molecule has 6 heteroatoms. The number of carbonyl (C=O) groups is 2. The van der Waals surface area contributed by atoms with E-state index in [1.54, 1.807) is 0 Å². The van der Waals surface area contributed by atoms with Crippen molar-refractivity contribution in [2.45, 2.75) is 6.42 Å². The molecule has 0 aliphatic carbocycles. The van der Waals surface area contributed by atoms with Gasteiger partial charge in [0.15, 0.2) is 0 Å². The Kier molecular flexibility index (Phi) is 4.39. The Morgan fingerprint density at radius 1 is 1.00 bits per heavy atom. The molecule has 0 atom stereocenters. The SMILES string of the molecule is O=C(Cc1ccc(F)cc1)NNC(=O)c1ccncc1. The first kappa shape index (κ1) is 13.7. The maximum absolute atomic E-state index is 12.7. The van der Waals surface area contributed by atoms with Gasteiger partial charge in [-0.2, -0.15) is 0 Å². The summed E-state index contributed by atoms with van der Waals surface area (Å²) in [6.07, 6.45) is 3.02. The Morgan fingerprint density at radius 3 is 2.30 bits per heavy atom. The summed E-state index contributed by atoms with van der Waals surface area (Å²) >= 11 is 0. The van der Waals surface area contributed by atoms with E-state index < -0.39 is 5.91 Å². The molecule has 1 aromatic heterocycles. The number of carbonyl (C=O) groups excluding carboxylic acids is 2. The molecule has 5 nitrogen and oxygen atoms in total. The van der Waals surface area contributed by atoms with Crippen LogP contribution in [0.4, 0.5) is 4.39 Å². The predicted molar refractivity (Wildman–Crippen MR) is 69.9 cm³/mol. The Labute approximate surface area is 114 Å². The van der Waals surface area contributed by atoms with Crippen LogP contribution in [0.3, 0.4) is 0 Å². The van der Waals surface area contributed by atoms with Gasteiger partial charge in [0.1, 0.15) is 5.82 Å². The van der Waals surface area contributed by atoms with E-state index in [4.69, 9.17) is 0 Å². The molecule has 2 aromatic rings. The summed E-state index contributed by atoms with van der Waals surface area (Å²) < 4.78 is 12.7. The van der Waals surface area contributed by atoms with Gasteiger partial charge in [0.05, 0.1) is 6.42 Å². The van der Waals surface area contributed by atoms with Gasteiger partial charge in [-0.15, -0.1) is 0 Å². The van der Waals surface area contributed by atoms with Crippen LogP contribution in [0, 0.1) is 5.82 Å². The second-order valence-corrected chi connectivity index (χ2v) is 4.04. The molecule has 2 amide bonds. The van der Waals surface area contributed by atoms with Crippen LogP contribution in [-0.4, -0.2) is 16.8 Å². The molecule has 0 unspecified atom stereocenters. The van der Waals surface area contributed by atoms with Crippen molar-refractivity contribution in [1.29, 1.82) is 0 Å². The van der Waals surface area contributed by atoms with Crippen LogP contribution in [0.2, 0.25) is 0 Å². The second-order valence-electron chi connectivity index (χ2n) is 4.04. The van der Waals surface area contributed by atoms with Crippen molar-refractivity contribution >= 4 is 11.8 Å². The lowest BCUT2D eigenvalue weighted by molar-refractivity contribution is -0.121. The maximum Gasteiger partial charge on any atom is 0.269 e. The van der Waals surface area contributed by atoms with Crippen molar-refractivity contribution in [2.24, 2.45) is 0 Å². The molecule has 1 heterocycles. The lowest BCUT2D eigenvalue weighted by atomic mass is 10.1. The van der Waals surface area contributed by atoms with Crippen LogP contribution in [-0.2, 0) is 11.2 Å². The molecule has 0 spiro atoms. The molecule has 0 aliphatic rings. The Morgan fingerprint density at radius 2 is 1.65 bits per heavy atom. The van der Waals surface area contributed by atoms with E-state index in [-0.39, 0.29) is 18.1 Å². The highest BCUT2D eigenvalue weighted by Gasteiger charge is 2.07. The van der Waals surface area contributed by atoms with Gasteiger partial charge in [0.25, 0.3) is 5.91 Å². The van der Waals surface area contributed by atoms with Crippen molar-refractivity contribution in [3.05, 3.63) is 65.7 Å². The highest BCUT2D eigenvalue weighted by atomic mass is 19.1. The average Bonchev–Trinajstić information content (AvgIpc) is 2.48. The fraction of sp³-hybridized carbons (Fsp3) is 0.0714. The fourth-order valence-corrected chi connectivity index (χ4v) is 1.53. The number of halogens is 1. The Bertz CT molecular complexity index is 600. The van der Waals surface area contributed by atoms with Crippen LogP contribution < -0.4 is 10.9 Å². The molecule has 2 N–H and O–H groups in total. The third-order valence-electron chi connectivity index (χ3n) is 2.54. The van der Waals surface area contributed by atoms with Crippen LogP contribution in [0.25, 0.3) is 0 Å². The number of amides is 2. The number of nitrogens with zero attached hydrogens (tertiary/aromatic N) is 1. The molecule has 0 aliphatic heterocycles. The standard InChI is InChI=1S/C14H12FN3O2/c15-12-3-1-10(2-4-12)9-13(19)17-18-14(20)11-5-7-16-8-6-11/h1-8H,9H2,(H,17,19)(H,18,20). The average molecular weight is 273 g/mol.